The van der Waals surface area contributed by atoms with Crippen molar-refractivity contribution < 1.29 is 23.1 Å². The van der Waals surface area contributed by atoms with E-state index in [0.717, 1.165) is 18.9 Å². The second-order valence-electron chi connectivity index (χ2n) is 13.2. The summed E-state index contributed by atoms with van der Waals surface area (Å²) < 4.78 is 35.7. The summed E-state index contributed by atoms with van der Waals surface area (Å²) in [6.45, 7) is 11.1. The van der Waals surface area contributed by atoms with Gasteiger partial charge in [-0.05, 0) is 78.6 Å². The number of aromatic nitrogens is 3. The maximum absolute atomic E-state index is 14.6. The van der Waals surface area contributed by atoms with E-state index in [0.29, 0.717) is 19.0 Å². The first kappa shape index (κ1) is 31.9. The summed E-state index contributed by atoms with van der Waals surface area (Å²) >= 11 is 2.87. The van der Waals surface area contributed by atoms with Gasteiger partial charge in [-0.1, -0.05) is 43.3 Å². The highest BCUT2D eigenvalue weighted by Crippen LogP contribution is 2.37. The Bertz CT molecular complexity index is 1550. The number of ether oxygens (including phenoxy) is 1. The van der Waals surface area contributed by atoms with E-state index < -0.39 is 28.9 Å². The van der Waals surface area contributed by atoms with Crippen LogP contribution >= 0.6 is 15.9 Å². The number of benzene rings is 2. The number of carbonyl (C=O) groups is 2. The maximum atomic E-state index is 14.6. The van der Waals surface area contributed by atoms with Gasteiger partial charge in [0.25, 0.3) is 5.91 Å². The van der Waals surface area contributed by atoms with Crippen molar-refractivity contribution in [3.8, 4) is 11.3 Å². The Morgan fingerprint density at radius 3 is 2.52 bits per heavy atom. The third-order valence-corrected chi connectivity index (χ3v) is 9.18. The van der Waals surface area contributed by atoms with Crippen LogP contribution in [0.2, 0.25) is 0 Å². The number of hydrogen-bond donors (Lipinski definition) is 1. The molecule has 2 saturated heterocycles. The first-order chi connectivity index (χ1) is 20.7. The van der Waals surface area contributed by atoms with Gasteiger partial charge in [-0.2, -0.15) is 0 Å². The summed E-state index contributed by atoms with van der Waals surface area (Å²) in [6, 6.07) is 9.72. The lowest BCUT2D eigenvalue weighted by Gasteiger charge is -2.32. The topological polar surface area (TPSA) is 107 Å². The molecule has 0 saturated carbocycles. The van der Waals surface area contributed by atoms with Crippen molar-refractivity contribution in [2.24, 2.45) is 5.92 Å². The van der Waals surface area contributed by atoms with E-state index in [9.17, 15) is 18.4 Å². The van der Waals surface area contributed by atoms with Gasteiger partial charge in [0.05, 0.1) is 22.9 Å². The summed E-state index contributed by atoms with van der Waals surface area (Å²) in [5.74, 6) is -1.23. The number of nitrogens with zero attached hydrogens (tertiary/aromatic N) is 5. The SMILES string of the molecule is CC(C)c1ccc(CC2CCN(C(=O)C3(n4cc(-c5cc(F)c(Br)c(F)c5N)nn4)CCN(C(=O)OC(C)(C)C)C3)C2)cc1. The molecule has 2 aliphatic heterocycles. The number of nitrogens with two attached hydrogens (primary N) is 1. The number of amides is 2. The lowest BCUT2D eigenvalue weighted by Crippen LogP contribution is -2.52. The average Bonchev–Trinajstić information content (AvgIpc) is 3.73. The molecule has 44 heavy (non-hydrogen) atoms. The van der Waals surface area contributed by atoms with Crippen LogP contribution in [0.1, 0.15) is 64.5 Å². The molecule has 0 bridgehead atoms. The third-order valence-electron chi connectivity index (χ3n) is 8.45. The van der Waals surface area contributed by atoms with Crippen molar-refractivity contribution in [3.05, 3.63) is 63.8 Å². The van der Waals surface area contributed by atoms with Crippen molar-refractivity contribution in [2.75, 3.05) is 31.9 Å². The average molecular weight is 674 g/mol. The molecule has 0 spiro atoms. The Labute approximate surface area is 264 Å². The zero-order valence-corrected chi connectivity index (χ0v) is 27.3. The number of halogens is 3. The fourth-order valence-electron chi connectivity index (χ4n) is 6.00. The molecule has 0 aliphatic carbocycles. The van der Waals surface area contributed by atoms with Crippen molar-refractivity contribution >= 4 is 33.6 Å². The van der Waals surface area contributed by atoms with Gasteiger partial charge in [0.1, 0.15) is 17.1 Å². The molecule has 5 rings (SSSR count). The van der Waals surface area contributed by atoms with Crippen LogP contribution in [0.4, 0.5) is 19.3 Å². The smallest absolute Gasteiger partial charge is 0.410 e. The number of hydrogen-bond acceptors (Lipinski definition) is 6. The highest BCUT2D eigenvalue weighted by molar-refractivity contribution is 9.10. The second kappa shape index (κ2) is 12.1. The van der Waals surface area contributed by atoms with E-state index in [4.69, 9.17) is 10.5 Å². The van der Waals surface area contributed by atoms with Gasteiger partial charge >= 0.3 is 6.09 Å². The van der Waals surface area contributed by atoms with Gasteiger partial charge in [-0.25, -0.2) is 18.3 Å². The molecule has 236 valence electrons. The number of carbonyl (C=O) groups excluding carboxylic acids is 2. The Morgan fingerprint density at radius 1 is 1.16 bits per heavy atom. The summed E-state index contributed by atoms with van der Waals surface area (Å²) in [6.07, 6.45) is 2.91. The van der Waals surface area contributed by atoms with Gasteiger partial charge in [-0.15, -0.1) is 5.10 Å². The lowest BCUT2D eigenvalue weighted by atomic mass is 9.95. The van der Waals surface area contributed by atoms with E-state index >= 15 is 0 Å². The summed E-state index contributed by atoms with van der Waals surface area (Å²) in [5, 5.41) is 8.42. The normalized spacial score (nSPS) is 20.5. The fraction of sp³-hybridized carbons (Fsp3) is 0.500. The second-order valence-corrected chi connectivity index (χ2v) is 14.0. The number of nitrogen functional groups attached to an aromatic ring is 1. The van der Waals surface area contributed by atoms with Crippen molar-refractivity contribution in [1.82, 2.24) is 24.8 Å². The van der Waals surface area contributed by atoms with Crippen LogP contribution in [-0.4, -0.2) is 68.6 Å². The highest BCUT2D eigenvalue weighted by Gasteiger charge is 2.52. The monoisotopic (exact) mass is 672 g/mol. The molecule has 2 N–H and O–H groups in total. The molecule has 2 amide bonds. The van der Waals surface area contributed by atoms with Crippen molar-refractivity contribution in [1.29, 1.82) is 0 Å². The summed E-state index contributed by atoms with van der Waals surface area (Å²) in [5.41, 5.74) is 6.33. The Kier molecular flexibility index (Phi) is 8.76. The molecule has 2 unspecified atom stereocenters. The molecular formula is C32H39BrF2N6O3. The van der Waals surface area contributed by atoms with E-state index in [1.807, 2.05) is 4.90 Å². The molecule has 2 atom stereocenters. The molecular weight excluding hydrogens is 634 g/mol. The van der Waals surface area contributed by atoms with Gasteiger partial charge in [0, 0.05) is 31.6 Å². The summed E-state index contributed by atoms with van der Waals surface area (Å²) in [7, 11) is 0. The van der Waals surface area contributed by atoms with Crippen LogP contribution in [0.3, 0.4) is 0 Å². The van der Waals surface area contributed by atoms with Gasteiger partial charge < -0.3 is 20.3 Å². The molecule has 9 nitrogen and oxygen atoms in total. The summed E-state index contributed by atoms with van der Waals surface area (Å²) in [4.78, 5) is 30.8. The maximum Gasteiger partial charge on any atom is 0.410 e. The number of anilines is 1. The predicted molar refractivity (Wildman–Crippen MR) is 167 cm³/mol. The van der Waals surface area contributed by atoms with Crippen LogP contribution in [0, 0.1) is 17.6 Å². The lowest BCUT2D eigenvalue weighted by molar-refractivity contribution is -0.140. The van der Waals surface area contributed by atoms with Crippen LogP contribution in [0.5, 0.6) is 0 Å². The Morgan fingerprint density at radius 2 is 1.86 bits per heavy atom. The van der Waals surface area contributed by atoms with E-state index in [2.05, 4.69) is 64.4 Å². The van der Waals surface area contributed by atoms with Crippen LogP contribution in [0.25, 0.3) is 11.3 Å². The fourth-order valence-corrected chi connectivity index (χ4v) is 6.33. The number of likely N-dealkylation sites (tertiary alicyclic amines) is 2. The third kappa shape index (κ3) is 6.31. The van der Waals surface area contributed by atoms with E-state index in [-0.39, 0.29) is 52.8 Å². The first-order valence-corrected chi connectivity index (χ1v) is 15.7. The van der Waals surface area contributed by atoms with Crippen LogP contribution in [0.15, 0.2) is 41.0 Å². The molecule has 3 aromatic rings. The van der Waals surface area contributed by atoms with Crippen LogP contribution < -0.4 is 5.73 Å². The Hall–Kier alpha value is -3.54. The molecule has 2 aromatic carbocycles. The predicted octanol–water partition coefficient (Wildman–Crippen LogP) is 6.12. The molecule has 2 fully saturated rings. The largest absolute Gasteiger partial charge is 0.444 e. The minimum absolute atomic E-state index is 0.0138. The van der Waals surface area contributed by atoms with Gasteiger partial charge in [0.2, 0.25) is 0 Å². The molecule has 0 radical (unpaired) electrons. The minimum Gasteiger partial charge on any atom is -0.444 e. The van der Waals surface area contributed by atoms with Gasteiger partial charge in [0.15, 0.2) is 11.4 Å². The first-order valence-electron chi connectivity index (χ1n) is 14.9. The quantitative estimate of drug-likeness (QED) is 0.250. The standard InChI is InChI=1S/C32H39BrF2N6O3/c1-19(2)22-8-6-20(7-9-22)14-21-10-12-39(16-21)29(42)32(11-13-40(18-32)30(43)44-31(3,4)5)41-17-25(37-38-41)23-15-24(34)26(33)27(35)28(23)36/h6-9,15,17,19,21H,10-14,16,18,36H2,1-5H3. The molecule has 12 heteroatoms. The zero-order valence-electron chi connectivity index (χ0n) is 25.7. The van der Waals surface area contributed by atoms with Gasteiger partial charge in [-0.3, -0.25) is 4.79 Å². The zero-order chi connectivity index (χ0) is 32.0. The number of rotatable bonds is 6. The minimum atomic E-state index is -1.28. The molecule has 1 aromatic heterocycles. The molecule has 3 heterocycles. The molecule has 2 aliphatic rings. The van der Waals surface area contributed by atoms with E-state index in [1.165, 1.54) is 26.9 Å². The van der Waals surface area contributed by atoms with Crippen LogP contribution in [-0.2, 0) is 21.5 Å². The van der Waals surface area contributed by atoms with E-state index in [1.54, 1.807) is 20.8 Å². The van der Waals surface area contributed by atoms with Crippen molar-refractivity contribution in [2.45, 2.75) is 70.9 Å². The highest BCUT2D eigenvalue weighted by atomic mass is 79.9. The van der Waals surface area contributed by atoms with Crippen molar-refractivity contribution in [3.63, 3.8) is 0 Å². The Balaban J connectivity index is 1.42.